The van der Waals surface area contributed by atoms with Gasteiger partial charge in [-0.15, -0.1) is 0 Å². The highest BCUT2D eigenvalue weighted by molar-refractivity contribution is 5.36. The zero-order valence-electron chi connectivity index (χ0n) is 10.1. The van der Waals surface area contributed by atoms with Gasteiger partial charge in [0.25, 0.3) is 5.56 Å². The Morgan fingerprint density at radius 3 is 2.88 bits per heavy atom. The fraction of sp³-hybridized carbons (Fsp3) is 0.636. The molecular formula is C11H19N3O2. The van der Waals surface area contributed by atoms with Crippen molar-refractivity contribution in [2.75, 3.05) is 31.7 Å². The lowest BCUT2D eigenvalue weighted by Gasteiger charge is -2.24. The normalized spacial score (nSPS) is 10.8. The lowest BCUT2D eigenvalue weighted by atomic mass is 10.2. The molecule has 0 spiro atoms. The minimum atomic E-state index is -0.129. The number of anilines is 1. The third-order valence-corrected chi connectivity index (χ3v) is 2.14. The molecule has 0 radical (unpaired) electrons. The molecule has 5 heteroatoms. The second-order valence-electron chi connectivity index (χ2n) is 4.10. The number of nitrogens with one attached hydrogen (secondary N) is 1. The second kappa shape index (κ2) is 6.27. The maximum absolute atomic E-state index is 11.2. The van der Waals surface area contributed by atoms with E-state index in [9.17, 15) is 4.79 Å². The van der Waals surface area contributed by atoms with Crippen molar-refractivity contribution in [3.63, 3.8) is 0 Å². The van der Waals surface area contributed by atoms with Crippen molar-refractivity contribution in [1.82, 2.24) is 9.97 Å². The average Bonchev–Trinajstić information content (AvgIpc) is 2.23. The number of hydrogen-bond donors (Lipinski definition) is 1. The summed E-state index contributed by atoms with van der Waals surface area (Å²) in [5.74, 6) is 1.22. The van der Waals surface area contributed by atoms with E-state index in [4.69, 9.17) is 4.74 Å². The largest absolute Gasteiger partial charge is 0.383 e. The molecule has 0 aliphatic carbocycles. The molecule has 0 aromatic carbocycles. The van der Waals surface area contributed by atoms with Crippen LogP contribution >= 0.6 is 0 Å². The number of rotatable bonds is 6. The van der Waals surface area contributed by atoms with Crippen LogP contribution in [0.15, 0.2) is 17.2 Å². The van der Waals surface area contributed by atoms with Crippen molar-refractivity contribution < 1.29 is 4.74 Å². The van der Waals surface area contributed by atoms with E-state index < -0.39 is 0 Å². The molecular weight excluding hydrogens is 206 g/mol. The molecule has 1 rings (SSSR count). The number of nitrogens with zero attached hydrogens (tertiary/aromatic N) is 2. The maximum atomic E-state index is 11.2. The molecule has 1 N–H and O–H groups in total. The molecule has 0 bridgehead atoms. The highest BCUT2D eigenvalue weighted by atomic mass is 16.5. The number of hydrogen-bond acceptors (Lipinski definition) is 4. The van der Waals surface area contributed by atoms with Gasteiger partial charge in [-0.1, -0.05) is 13.8 Å². The van der Waals surface area contributed by atoms with Crippen molar-refractivity contribution >= 4 is 5.82 Å². The van der Waals surface area contributed by atoms with Crippen molar-refractivity contribution in [1.29, 1.82) is 0 Å². The van der Waals surface area contributed by atoms with Gasteiger partial charge in [0.15, 0.2) is 0 Å². The lowest BCUT2D eigenvalue weighted by molar-refractivity contribution is 0.204. The minimum Gasteiger partial charge on any atom is -0.383 e. The zero-order valence-corrected chi connectivity index (χ0v) is 10.1. The smallest absolute Gasteiger partial charge is 0.252 e. The predicted molar refractivity (Wildman–Crippen MR) is 63.8 cm³/mol. The summed E-state index contributed by atoms with van der Waals surface area (Å²) in [6.45, 7) is 6.49. The highest BCUT2D eigenvalue weighted by Crippen LogP contribution is 2.09. The Morgan fingerprint density at radius 1 is 1.56 bits per heavy atom. The van der Waals surface area contributed by atoms with E-state index in [1.54, 1.807) is 7.11 Å². The Morgan fingerprint density at radius 2 is 2.31 bits per heavy atom. The van der Waals surface area contributed by atoms with Crippen LogP contribution in [0.1, 0.15) is 13.8 Å². The van der Waals surface area contributed by atoms with E-state index in [1.807, 2.05) is 0 Å². The molecule has 0 aliphatic heterocycles. The summed E-state index contributed by atoms with van der Waals surface area (Å²) in [4.78, 5) is 19.9. The minimum absolute atomic E-state index is 0.129. The number of methoxy groups -OCH3 is 1. The third kappa shape index (κ3) is 4.02. The van der Waals surface area contributed by atoms with E-state index >= 15 is 0 Å². The first-order chi connectivity index (χ1) is 7.63. The zero-order chi connectivity index (χ0) is 12.0. The molecule has 1 aromatic heterocycles. The molecule has 0 unspecified atom stereocenters. The Labute approximate surface area is 95.5 Å². The van der Waals surface area contributed by atoms with Crippen molar-refractivity contribution in [2.45, 2.75) is 13.8 Å². The van der Waals surface area contributed by atoms with E-state index in [0.717, 1.165) is 13.1 Å². The van der Waals surface area contributed by atoms with Crippen LogP contribution in [0.5, 0.6) is 0 Å². The first kappa shape index (κ1) is 12.7. The second-order valence-corrected chi connectivity index (χ2v) is 4.10. The lowest BCUT2D eigenvalue weighted by Crippen LogP contribution is -2.32. The molecule has 1 aromatic rings. The summed E-state index contributed by atoms with van der Waals surface area (Å²) in [6, 6.07) is 1.51. The molecule has 5 nitrogen and oxygen atoms in total. The van der Waals surface area contributed by atoms with E-state index in [1.165, 1.54) is 12.4 Å². The van der Waals surface area contributed by atoms with Crippen LogP contribution in [-0.2, 0) is 4.74 Å². The van der Waals surface area contributed by atoms with Crippen LogP contribution < -0.4 is 10.5 Å². The summed E-state index contributed by atoms with van der Waals surface area (Å²) in [5.41, 5.74) is -0.129. The topological polar surface area (TPSA) is 58.2 Å². The van der Waals surface area contributed by atoms with Crippen molar-refractivity contribution in [3.05, 3.63) is 22.7 Å². The van der Waals surface area contributed by atoms with Gasteiger partial charge in [0.1, 0.15) is 5.82 Å². The SMILES string of the molecule is COCCN(CC(C)C)c1cc(=O)[nH]cn1. The Balaban J connectivity index is 2.78. The molecule has 0 saturated heterocycles. The quantitative estimate of drug-likeness (QED) is 0.780. The standard InChI is InChI=1S/C11H19N3O2/c1-9(2)7-14(4-5-16-3)10-6-11(15)13-8-12-10/h6,8-9H,4-5,7H2,1-3H3,(H,12,13,15). The molecule has 16 heavy (non-hydrogen) atoms. The Kier molecular flexibility index (Phi) is 4.98. The van der Waals surface area contributed by atoms with Gasteiger partial charge in [0.05, 0.1) is 12.9 Å². The molecule has 0 amide bonds. The first-order valence-electron chi connectivity index (χ1n) is 5.42. The monoisotopic (exact) mass is 225 g/mol. The Bertz CT molecular complexity index is 362. The molecule has 0 aliphatic rings. The summed E-state index contributed by atoms with van der Waals surface area (Å²) >= 11 is 0. The van der Waals surface area contributed by atoms with Crippen LogP contribution in [0.2, 0.25) is 0 Å². The summed E-state index contributed by atoms with van der Waals surface area (Å²) < 4.78 is 5.05. The number of ether oxygens (including phenoxy) is 1. The van der Waals surface area contributed by atoms with Gasteiger partial charge in [-0.25, -0.2) is 4.98 Å². The van der Waals surface area contributed by atoms with Gasteiger partial charge in [-0.05, 0) is 5.92 Å². The van der Waals surface area contributed by atoms with Crippen LogP contribution in [-0.4, -0.2) is 36.8 Å². The van der Waals surface area contributed by atoms with Crippen LogP contribution in [0.25, 0.3) is 0 Å². The maximum Gasteiger partial charge on any atom is 0.252 e. The first-order valence-corrected chi connectivity index (χ1v) is 5.42. The van der Waals surface area contributed by atoms with Crippen LogP contribution in [0.4, 0.5) is 5.82 Å². The fourth-order valence-corrected chi connectivity index (χ4v) is 1.47. The van der Waals surface area contributed by atoms with Gasteiger partial charge in [-0.3, -0.25) is 4.79 Å². The van der Waals surface area contributed by atoms with Gasteiger partial charge >= 0.3 is 0 Å². The number of H-pyrrole nitrogens is 1. The molecule has 1 heterocycles. The van der Waals surface area contributed by atoms with Gasteiger partial charge in [0, 0.05) is 26.3 Å². The number of aromatic nitrogens is 2. The number of aromatic amines is 1. The van der Waals surface area contributed by atoms with Crippen LogP contribution in [0.3, 0.4) is 0 Å². The third-order valence-electron chi connectivity index (χ3n) is 2.14. The summed E-state index contributed by atoms with van der Waals surface area (Å²) in [5, 5.41) is 0. The van der Waals surface area contributed by atoms with Gasteiger partial charge in [0.2, 0.25) is 0 Å². The summed E-state index contributed by atoms with van der Waals surface area (Å²) in [6.07, 6.45) is 1.43. The van der Waals surface area contributed by atoms with E-state index in [-0.39, 0.29) is 5.56 Å². The average molecular weight is 225 g/mol. The molecule has 90 valence electrons. The summed E-state index contributed by atoms with van der Waals surface area (Å²) in [7, 11) is 1.67. The van der Waals surface area contributed by atoms with Gasteiger partial charge in [-0.2, -0.15) is 0 Å². The van der Waals surface area contributed by atoms with E-state index in [2.05, 4.69) is 28.7 Å². The van der Waals surface area contributed by atoms with Crippen LogP contribution in [0, 0.1) is 5.92 Å². The highest BCUT2D eigenvalue weighted by Gasteiger charge is 2.09. The molecule has 0 atom stereocenters. The van der Waals surface area contributed by atoms with Crippen molar-refractivity contribution in [3.8, 4) is 0 Å². The molecule has 0 fully saturated rings. The molecule has 0 saturated carbocycles. The Hall–Kier alpha value is -1.36. The fourth-order valence-electron chi connectivity index (χ4n) is 1.47. The van der Waals surface area contributed by atoms with Crippen molar-refractivity contribution in [2.24, 2.45) is 5.92 Å². The van der Waals surface area contributed by atoms with Gasteiger partial charge < -0.3 is 14.6 Å². The van der Waals surface area contributed by atoms with E-state index in [0.29, 0.717) is 18.3 Å². The predicted octanol–water partition coefficient (Wildman–Crippen LogP) is 0.879.